The van der Waals surface area contributed by atoms with Crippen LogP contribution in [-0.4, -0.2) is 54.4 Å². The normalized spacial score (nSPS) is 21.4. The van der Waals surface area contributed by atoms with Crippen molar-refractivity contribution in [2.75, 3.05) is 13.7 Å². The van der Waals surface area contributed by atoms with Crippen molar-refractivity contribution in [1.29, 1.82) is 0 Å². The molecule has 214 valence electrons. The van der Waals surface area contributed by atoms with E-state index in [9.17, 15) is 44.7 Å². The van der Waals surface area contributed by atoms with E-state index in [4.69, 9.17) is 9.47 Å². The lowest BCUT2D eigenvalue weighted by Crippen LogP contribution is -2.62. The zero-order valence-corrected chi connectivity index (χ0v) is 20.9. The summed E-state index contributed by atoms with van der Waals surface area (Å²) in [5.41, 5.74) is -6.47. The predicted octanol–water partition coefficient (Wildman–Crippen LogP) is 6.35. The lowest BCUT2D eigenvalue weighted by Gasteiger charge is -2.46. The van der Waals surface area contributed by atoms with Gasteiger partial charge < -0.3 is 9.47 Å². The van der Waals surface area contributed by atoms with Crippen LogP contribution in [-0.2, 0) is 33.2 Å². The number of esters is 1. The number of hydrogen-bond donors (Lipinski definition) is 0. The number of aliphatic imine (C=N–C) groups is 1. The van der Waals surface area contributed by atoms with Crippen LogP contribution in [0.1, 0.15) is 43.4 Å². The fourth-order valence-electron chi connectivity index (χ4n) is 4.67. The number of halogens is 8. The molecule has 0 spiro atoms. The van der Waals surface area contributed by atoms with Crippen molar-refractivity contribution < 1.29 is 54.2 Å². The third-order valence-corrected chi connectivity index (χ3v) is 6.27. The molecule has 1 heterocycles. The molecule has 0 aromatic heterocycles. The van der Waals surface area contributed by atoms with Gasteiger partial charge in [-0.25, -0.2) is 18.4 Å². The maximum absolute atomic E-state index is 13.5. The van der Waals surface area contributed by atoms with Gasteiger partial charge >= 0.3 is 24.4 Å². The molecule has 2 atom stereocenters. The average molecular weight is 568 g/mol. The summed E-state index contributed by atoms with van der Waals surface area (Å²) in [5.74, 6) is -1.07. The standard InChI is InChI=1S/C25H24F8N2O4/c1-4-39-21(36)23(11-13(2)34-19-9-15(20(26)27)5-6-18(19)23)35(22(37)38-3)12-14-7-16(24(28,29)30)10-17(8-14)25(31,32)33/h6-10,13,20H,4-5,11-12H2,1-3H3. The van der Waals surface area contributed by atoms with E-state index in [1.165, 1.54) is 19.9 Å². The van der Waals surface area contributed by atoms with Crippen molar-refractivity contribution in [3.8, 4) is 0 Å². The maximum Gasteiger partial charge on any atom is 0.416 e. The van der Waals surface area contributed by atoms with Gasteiger partial charge in [0, 0.05) is 17.6 Å². The molecule has 0 saturated carbocycles. The van der Waals surface area contributed by atoms with E-state index in [-0.39, 0.29) is 42.4 Å². The van der Waals surface area contributed by atoms with E-state index in [0.717, 1.165) is 13.2 Å². The van der Waals surface area contributed by atoms with E-state index < -0.39 is 65.7 Å². The Morgan fingerprint density at radius 1 is 1.10 bits per heavy atom. The van der Waals surface area contributed by atoms with E-state index >= 15 is 0 Å². The number of amides is 1. The van der Waals surface area contributed by atoms with Crippen molar-refractivity contribution in [2.24, 2.45) is 4.99 Å². The highest BCUT2D eigenvalue weighted by atomic mass is 19.4. The Morgan fingerprint density at radius 2 is 1.69 bits per heavy atom. The molecular formula is C25H24F8N2O4. The summed E-state index contributed by atoms with van der Waals surface area (Å²) >= 11 is 0. The molecule has 2 aliphatic rings. The number of carbonyl (C=O) groups is 2. The number of carbonyl (C=O) groups excluding carboxylic acids is 2. The van der Waals surface area contributed by atoms with Gasteiger partial charge in [-0.05, 0) is 50.1 Å². The third-order valence-electron chi connectivity index (χ3n) is 6.27. The van der Waals surface area contributed by atoms with Crippen molar-refractivity contribution in [2.45, 2.75) is 63.6 Å². The summed E-state index contributed by atoms with van der Waals surface area (Å²) in [6.07, 6.45) is -12.8. The molecule has 2 unspecified atom stereocenters. The van der Waals surface area contributed by atoms with E-state index in [0.29, 0.717) is 17.0 Å². The van der Waals surface area contributed by atoms with E-state index in [1.54, 1.807) is 0 Å². The van der Waals surface area contributed by atoms with Gasteiger partial charge in [-0.2, -0.15) is 26.3 Å². The van der Waals surface area contributed by atoms with Crippen LogP contribution in [0.15, 0.2) is 46.5 Å². The predicted molar refractivity (Wildman–Crippen MR) is 122 cm³/mol. The largest absolute Gasteiger partial charge is 0.464 e. The van der Waals surface area contributed by atoms with Gasteiger partial charge in [0.2, 0.25) is 0 Å². The summed E-state index contributed by atoms with van der Waals surface area (Å²) in [6.45, 7) is 1.80. The van der Waals surface area contributed by atoms with Gasteiger partial charge in [0.25, 0.3) is 6.43 Å². The first-order chi connectivity index (χ1) is 18.0. The molecular weight excluding hydrogens is 544 g/mol. The zero-order chi connectivity index (χ0) is 29.3. The second-order valence-electron chi connectivity index (χ2n) is 8.96. The topological polar surface area (TPSA) is 68.2 Å². The number of nitrogens with zero attached hydrogens (tertiary/aromatic N) is 2. The Bertz CT molecular complexity index is 1190. The summed E-state index contributed by atoms with van der Waals surface area (Å²) in [7, 11) is 0.910. The van der Waals surface area contributed by atoms with Gasteiger partial charge in [-0.3, -0.25) is 9.89 Å². The molecule has 0 saturated heterocycles. The zero-order valence-electron chi connectivity index (χ0n) is 20.9. The number of rotatable bonds is 6. The van der Waals surface area contributed by atoms with Crippen LogP contribution in [0.5, 0.6) is 0 Å². The lowest BCUT2D eigenvalue weighted by molar-refractivity contribution is -0.155. The lowest BCUT2D eigenvalue weighted by atomic mass is 9.74. The summed E-state index contributed by atoms with van der Waals surface area (Å²) < 4.78 is 118. The first kappa shape index (κ1) is 30.1. The van der Waals surface area contributed by atoms with Gasteiger partial charge in [-0.15, -0.1) is 0 Å². The van der Waals surface area contributed by atoms with Gasteiger partial charge in [0.15, 0.2) is 5.54 Å². The Morgan fingerprint density at radius 3 is 2.18 bits per heavy atom. The molecule has 1 aliphatic carbocycles. The molecule has 3 rings (SSSR count). The molecule has 1 aromatic carbocycles. The smallest absolute Gasteiger partial charge is 0.416 e. The van der Waals surface area contributed by atoms with Crippen molar-refractivity contribution >= 4 is 17.8 Å². The highest BCUT2D eigenvalue weighted by Gasteiger charge is 2.55. The summed E-state index contributed by atoms with van der Waals surface area (Å²) in [5, 5.41) is 0. The minimum atomic E-state index is -5.16. The second-order valence-corrected chi connectivity index (χ2v) is 8.96. The second kappa shape index (κ2) is 11.0. The van der Waals surface area contributed by atoms with Crippen LogP contribution in [0.25, 0.3) is 0 Å². The van der Waals surface area contributed by atoms with Crippen LogP contribution < -0.4 is 0 Å². The number of hydrogen-bond acceptors (Lipinski definition) is 5. The molecule has 1 aromatic rings. The fourth-order valence-corrected chi connectivity index (χ4v) is 4.67. The average Bonchev–Trinajstić information content (AvgIpc) is 2.84. The van der Waals surface area contributed by atoms with Crippen LogP contribution in [0, 0.1) is 0 Å². The number of fused-ring (bicyclic) bond motifs is 1. The van der Waals surface area contributed by atoms with Gasteiger partial charge in [-0.1, -0.05) is 6.08 Å². The summed E-state index contributed by atoms with van der Waals surface area (Å²) in [6, 6.07) is -0.0137. The van der Waals surface area contributed by atoms with Gasteiger partial charge in [0.1, 0.15) is 0 Å². The Labute approximate surface area is 218 Å². The van der Waals surface area contributed by atoms with Crippen molar-refractivity contribution in [3.05, 3.63) is 58.2 Å². The molecule has 1 amide bonds. The SMILES string of the molecule is CCOC(=O)C1(N(Cc2cc(C(F)(F)F)cc(C(F)(F)F)c2)C(=O)OC)CC(C)N=C2C=C(C(F)F)CC=C21. The molecule has 6 nitrogen and oxygen atoms in total. The van der Waals surface area contributed by atoms with Crippen molar-refractivity contribution in [3.63, 3.8) is 0 Å². The quantitative estimate of drug-likeness (QED) is 0.296. The van der Waals surface area contributed by atoms with Crippen molar-refractivity contribution in [1.82, 2.24) is 4.90 Å². The number of alkyl halides is 8. The van der Waals surface area contributed by atoms with Crippen LogP contribution in [0.4, 0.5) is 39.9 Å². The molecule has 0 fully saturated rings. The minimum Gasteiger partial charge on any atom is -0.464 e. The minimum absolute atomic E-state index is 0.0446. The first-order valence-electron chi connectivity index (χ1n) is 11.6. The van der Waals surface area contributed by atoms with Crippen LogP contribution >= 0.6 is 0 Å². The van der Waals surface area contributed by atoms with E-state index in [1.807, 2.05) is 0 Å². The molecule has 0 bridgehead atoms. The van der Waals surface area contributed by atoms with Crippen LogP contribution in [0.2, 0.25) is 0 Å². The molecule has 39 heavy (non-hydrogen) atoms. The fraction of sp³-hybridized carbons (Fsp3) is 0.480. The number of allylic oxidation sites excluding steroid dienone is 3. The van der Waals surface area contributed by atoms with Gasteiger partial charge in [0.05, 0.1) is 43.1 Å². The van der Waals surface area contributed by atoms with Crippen LogP contribution in [0.3, 0.4) is 0 Å². The summed E-state index contributed by atoms with van der Waals surface area (Å²) in [4.78, 5) is 31.6. The number of ether oxygens (including phenoxy) is 2. The molecule has 0 radical (unpaired) electrons. The first-order valence-corrected chi connectivity index (χ1v) is 11.6. The Hall–Kier alpha value is -3.45. The molecule has 0 N–H and O–H groups in total. The molecule has 1 aliphatic heterocycles. The number of benzene rings is 1. The Balaban J connectivity index is 2.25. The Kier molecular flexibility index (Phi) is 8.46. The maximum atomic E-state index is 13.5. The monoisotopic (exact) mass is 568 g/mol. The third kappa shape index (κ3) is 6.09. The highest BCUT2D eigenvalue weighted by molar-refractivity contribution is 6.16. The molecule has 14 heteroatoms. The van der Waals surface area contributed by atoms with E-state index in [2.05, 4.69) is 4.99 Å². The highest BCUT2D eigenvalue weighted by Crippen LogP contribution is 2.43. The number of methoxy groups -OCH3 is 1.